The predicted octanol–water partition coefficient (Wildman–Crippen LogP) is 3.87. The average molecular weight is 310 g/mol. The van der Waals surface area contributed by atoms with E-state index in [1.807, 2.05) is 11.3 Å². The highest BCUT2D eigenvalue weighted by Crippen LogP contribution is 2.32. The number of aryl methyl sites for hydroxylation is 1. The van der Waals surface area contributed by atoms with Crippen LogP contribution in [-0.4, -0.2) is 35.1 Å². The van der Waals surface area contributed by atoms with Gasteiger partial charge in [0, 0.05) is 36.2 Å². The average Bonchev–Trinajstić information content (AvgIpc) is 2.93. The maximum atomic E-state index is 4.67. The number of thiazole rings is 1. The number of aromatic nitrogens is 1. The maximum Gasteiger partial charge on any atom is 0.110 e. The standard InChI is InChI=1S/C17H31N3S/c1-7-13-9-18-15(17(4,5)6)11-20(13)12(3)16-19-10-14(8-2)21-16/h10,12-13,15,18H,7-9,11H2,1-6H3. The van der Waals surface area contributed by atoms with Crippen molar-refractivity contribution in [1.29, 1.82) is 0 Å². The molecule has 1 fully saturated rings. The molecule has 21 heavy (non-hydrogen) atoms. The molecule has 3 unspecified atom stereocenters. The Bertz CT molecular complexity index is 449. The molecule has 120 valence electrons. The summed E-state index contributed by atoms with van der Waals surface area (Å²) in [5, 5.41) is 5.03. The molecule has 1 aromatic rings. The lowest BCUT2D eigenvalue weighted by Crippen LogP contribution is -2.60. The van der Waals surface area contributed by atoms with Gasteiger partial charge in [-0.1, -0.05) is 34.6 Å². The molecule has 0 amide bonds. The van der Waals surface area contributed by atoms with Crippen molar-refractivity contribution in [2.45, 2.75) is 72.5 Å². The van der Waals surface area contributed by atoms with E-state index in [-0.39, 0.29) is 0 Å². The van der Waals surface area contributed by atoms with Crippen molar-refractivity contribution in [1.82, 2.24) is 15.2 Å². The third-order valence-electron chi connectivity index (χ3n) is 4.75. The van der Waals surface area contributed by atoms with Crippen LogP contribution in [0.4, 0.5) is 0 Å². The van der Waals surface area contributed by atoms with Crippen molar-refractivity contribution < 1.29 is 0 Å². The van der Waals surface area contributed by atoms with E-state index < -0.39 is 0 Å². The molecule has 2 heterocycles. The Morgan fingerprint density at radius 2 is 2.14 bits per heavy atom. The van der Waals surface area contributed by atoms with Gasteiger partial charge in [0.2, 0.25) is 0 Å². The summed E-state index contributed by atoms with van der Waals surface area (Å²) >= 11 is 1.88. The molecule has 0 aliphatic carbocycles. The quantitative estimate of drug-likeness (QED) is 0.915. The van der Waals surface area contributed by atoms with Crippen LogP contribution in [0.25, 0.3) is 0 Å². The highest BCUT2D eigenvalue weighted by molar-refractivity contribution is 7.11. The van der Waals surface area contributed by atoms with Gasteiger partial charge in [-0.15, -0.1) is 11.3 Å². The number of hydrogen-bond donors (Lipinski definition) is 1. The Balaban J connectivity index is 2.16. The first kappa shape index (κ1) is 16.9. The summed E-state index contributed by atoms with van der Waals surface area (Å²) in [4.78, 5) is 8.74. The van der Waals surface area contributed by atoms with Crippen LogP contribution in [0, 0.1) is 5.41 Å². The van der Waals surface area contributed by atoms with Gasteiger partial charge in [0.05, 0.1) is 6.04 Å². The van der Waals surface area contributed by atoms with Gasteiger partial charge in [-0.25, -0.2) is 4.98 Å². The van der Waals surface area contributed by atoms with Crippen molar-refractivity contribution in [3.8, 4) is 0 Å². The Kier molecular flexibility index (Phi) is 5.44. The second-order valence-electron chi connectivity index (χ2n) is 7.28. The molecule has 1 N–H and O–H groups in total. The summed E-state index contributed by atoms with van der Waals surface area (Å²) in [5.41, 5.74) is 0.300. The summed E-state index contributed by atoms with van der Waals surface area (Å²) in [6.45, 7) is 16.0. The number of hydrogen-bond acceptors (Lipinski definition) is 4. The highest BCUT2D eigenvalue weighted by atomic mass is 32.1. The second-order valence-corrected chi connectivity index (χ2v) is 8.43. The van der Waals surface area contributed by atoms with Crippen molar-refractivity contribution in [3.63, 3.8) is 0 Å². The van der Waals surface area contributed by atoms with Crippen LogP contribution in [0.15, 0.2) is 6.20 Å². The summed E-state index contributed by atoms with van der Waals surface area (Å²) in [5.74, 6) is 0. The molecular formula is C17H31N3S. The van der Waals surface area contributed by atoms with E-state index in [0.29, 0.717) is 23.5 Å². The van der Waals surface area contributed by atoms with Gasteiger partial charge in [0.15, 0.2) is 0 Å². The number of nitrogens with one attached hydrogen (secondary N) is 1. The Labute approximate surface area is 134 Å². The van der Waals surface area contributed by atoms with Gasteiger partial charge in [-0.05, 0) is 25.2 Å². The smallest absolute Gasteiger partial charge is 0.110 e. The van der Waals surface area contributed by atoms with Crippen molar-refractivity contribution in [2.75, 3.05) is 13.1 Å². The Morgan fingerprint density at radius 3 is 2.67 bits per heavy atom. The zero-order valence-corrected chi connectivity index (χ0v) is 15.3. The summed E-state index contributed by atoms with van der Waals surface area (Å²) < 4.78 is 0. The minimum absolute atomic E-state index is 0.300. The van der Waals surface area contributed by atoms with Gasteiger partial charge in [-0.3, -0.25) is 4.90 Å². The van der Waals surface area contributed by atoms with Crippen LogP contribution >= 0.6 is 11.3 Å². The summed E-state index contributed by atoms with van der Waals surface area (Å²) in [6.07, 6.45) is 4.34. The van der Waals surface area contributed by atoms with Crippen LogP contribution in [0.5, 0.6) is 0 Å². The van der Waals surface area contributed by atoms with Gasteiger partial charge in [0.25, 0.3) is 0 Å². The molecule has 0 bridgehead atoms. The zero-order valence-electron chi connectivity index (χ0n) is 14.4. The minimum atomic E-state index is 0.300. The molecule has 2 rings (SSSR count). The predicted molar refractivity (Wildman–Crippen MR) is 91.9 cm³/mol. The first-order valence-corrected chi connectivity index (χ1v) is 9.12. The largest absolute Gasteiger partial charge is 0.311 e. The van der Waals surface area contributed by atoms with Gasteiger partial charge in [0.1, 0.15) is 5.01 Å². The number of rotatable bonds is 4. The molecular weight excluding hydrogens is 278 g/mol. The molecule has 1 saturated heterocycles. The van der Waals surface area contributed by atoms with E-state index in [1.54, 1.807) is 0 Å². The maximum absolute atomic E-state index is 4.67. The van der Waals surface area contributed by atoms with Gasteiger partial charge in [-0.2, -0.15) is 0 Å². The third-order valence-corrected chi connectivity index (χ3v) is 6.07. The monoisotopic (exact) mass is 309 g/mol. The molecule has 0 spiro atoms. The lowest BCUT2D eigenvalue weighted by Gasteiger charge is -2.47. The fourth-order valence-electron chi connectivity index (χ4n) is 3.07. The zero-order chi connectivity index (χ0) is 15.6. The van der Waals surface area contributed by atoms with Gasteiger partial charge >= 0.3 is 0 Å². The van der Waals surface area contributed by atoms with E-state index in [2.05, 4.69) is 62.9 Å². The van der Waals surface area contributed by atoms with E-state index in [0.717, 1.165) is 19.5 Å². The topological polar surface area (TPSA) is 28.2 Å². The van der Waals surface area contributed by atoms with E-state index >= 15 is 0 Å². The summed E-state index contributed by atoms with van der Waals surface area (Å²) in [7, 11) is 0. The van der Waals surface area contributed by atoms with Gasteiger partial charge < -0.3 is 5.32 Å². The van der Waals surface area contributed by atoms with Crippen LogP contribution in [0.3, 0.4) is 0 Å². The Morgan fingerprint density at radius 1 is 1.43 bits per heavy atom. The van der Waals surface area contributed by atoms with Crippen molar-refractivity contribution >= 4 is 11.3 Å². The van der Waals surface area contributed by atoms with Crippen LogP contribution in [0.2, 0.25) is 0 Å². The molecule has 4 heteroatoms. The number of piperazine rings is 1. The molecule has 1 aliphatic rings. The second kappa shape index (κ2) is 6.76. The molecule has 0 saturated carbocycles. The highest BCUT2D eigenvalue weighted by Gasteiger charge is 2.36. The van der Waals surface area contributed by atoms with Crippen LogP contribution < -0.4 is 5.32 Å². The molecule has 3 nitrogen and oxygen atoms in total. The van der Waals surface area contributed by atoms with Crippen LogP contribution in [-0.2, 0) is 6.42 Å². The summed E-state index contributed by atoms with van der Waals surface area (Å²) in [6, 6.07) is 1.59. The molecule has 0 aromatic carbocycles. The number of nitrogens with zero attached hydrogens (tertiary/aromatic N) is 2. The lowest BCUT2D eigenvalue weighted by molar-refractivity contribution is 0.0530. The minimum Gasteiger partial charge on any atom is -0.311 e. The third kappa shape index (κ3) is 3.85. The van der Waals surface area contributed by atoms with E-state index in [4.69, 9.17) is 0 Å². The first-order chi connectivity index (χ1) is 9.86. The molecule has 1 aliphatic heterocycles. The fourth-order valence-corrected chi connectivity index (χ4v) is 4.00. The fraction of sp³-hybridized carbons (Fsp3) is 0.824. The Hall–Kier alpha value is -0.450. The molecule has 1 aromatic heterocycles. The van der Waals surface area contributed by atoms with Crippen molar-refractivity contribution in [3.05, 3.63) is 16.1 Å². The van der Waals surface area contributed by atoms with Crippen LogP contribution in [0.1, 0.15) is 63.9 Å². The first-order valence-electron chi connectivity index (χ1n) is 8.30. The van der Waals surface area contributed by atoms with E-state index in [1.165, 1.54) is 16.3 Å². The SMILES string of the molecule is CCc1cnc(C(C)N2CC(C(C)(C)C)NCC2CC)s1. The normalized spacial score (nSPS) is 26.0. The molecule has 3 atom stereocenters. The van der Waals surface area contributed by atoms with Crippen molar-refractivity contribution in [2.24, 2.45) is 5.41 Å². The molecule has 0 radical (unpaired) electrons. The lowest BCUT2D eigenvalue weighted by atomic mass is 9.84. The van der Waals surface area contributed by atoms with E-state index in [9.17, 15) is 0 Å².